The fraction of sp³-hybridized carbons (Fsp3) is 0.294. The Labute approximate surface area is 154 Å². The van der Waals surface area contributed by atoms with Gasteiger partial charge in [0, 0.05) is 13.2 Å². The van der Waals surface area contributed by atoms with Crippen LogP contribution in [0.3, 0.4) is 0 Å². The van der Waals surface area contributed by atoms with Gasteiger partial charge in [0.05, 0.1) is 0 Å². The maximum absolute atomic E-state index is 6.90. The van der Waals surface area contributed by atoms with Crippen LogP contribution in [0.15, 0.2) is 48.8 Å². The second-order valence-corrected chi connectivity index (χ2v) is 23.1. The Bertz CT molecular complexity index is 904. The van der Waals surface area contributed by atoms with Gasteiger partial charge in [0.25, 0.3) is 0 Å². The molecule has 3 nitrogen and oxygen atoms in total. The van der Waals surface area contributed by atoms with E-state index in [-0.39, 0.29) is 0 Å². The first kappa shape index (κ1) is 16.5. The molecule has 0 amide bonds. The average Bonchev–Trinajstić information content (AvgIpc) is 3.16. The topological polar surface area (TPSA) is 17.0 Å². The van der Waals surface area contributed by atoms with E-state index in [1.54, 1.807) is 6.55 Å². The Kier molecular flexibility index (Phi) is 3.33. The number of rotatable bonds is 0. The van der Waals surface area contributed by atoms with Crippen LogP contribution in [0.2, 0.25) is 6.55 Å². The van der Waals surface area contributed by atoms with Gasteiger partial charge in [0.2, 0.25) is 0 Å². The van der Waals surface area contributed by atoms with Crippen LogP contribution in [0.1, 0.15) is 12.8 Å². The molecule has 0 bridgehead atoms. The molecule has 0 aliphatic carbocycles. The van der Waals surface area contributed by atoms with Gasteiger partial charge in [0.1, 0.15) is 0 Å². The molecule has 0 spiro atoms. The van der Waals surface area contributed by atoms with Crippen molar-refractivity contribution in [2.75, 3.05) is 13.2 Å². The van der Waals surface area contributed by atoms with Crippen molar-refractivity contribution in [3.05, 3.63) is 48.8 Å². The molecule has 24 heavy (non-hydrogen) atoms. The van der Waals surface area contributed by atoms with E-state index in [0.29, 0.717) is 0 Å². The van der Waals surface area contributed by atoms with Crippen LogP contribution in [0, 0.1) is 0 Å². The first-order chi connectivity index (χ1) is 11.2. The molecule has 0 unspecified atom stereocenters. The summed E-state index contributed by atoms with van der Waals surface area (Å²) >= 11 is 20.7. The summed E-state index contributed by atoms with van der Waals surface area (Å²) < 4.78 is 8.66. The minimum absolute atomic E-state index is 0.993. The Hall–Kier alpha value is -0.913. The van der Waals surface area contributed by atoms with Crippen LogP contribution >= 0.6 is 33.2 Å². The van der Waals surface area contributed by atoms with E-state index in [1.165, 1.54) is 12.8 Å². The molecule has 2 aliphatic rings. The molecule has 0 saturated carbocycles. The van der Waals surface area contributed by atoms with E-state index < -0.39 is 4.88 Å². The number of halogens is 3. The summed E-state index contributed by atoms with van der Waals surface area (Å²) in [7, 11) is 0. The van der Waals surface area contributed by atoms with Crippen molar-refractivity contribution in [1.29, 1.82) is 0 Å². The molecule has 2 aromatic heterocycles. The van der Waals surface area contributed by atoms with Gasteiger partial charge in [0.15, 0.2) is 0 Å². The van der Waals surface area contributed by atoms with E-state index in [1.807, 2.05) is 45.1 Å². The molecule has 4 heterocycles. The van der Waals surface area contributed by atoms with E-state index in [2.05, 4.69) is 12.1 Å². The molecular formula is C17H19Cl3N2OSi. The fourth-order valence-corrected chi connectivity index (χ4v) is 8.92. The average molecular weight is 402 g/mol. The quantitative estimate of drug-likeness (QED) is 0.312. The molecule has 0 atom stereocenters. The number of pyridine rings is 2. The van der Waals surface area contributed by atoms with Crippen molar-refractivity contribution in [3.8, 4) is 0 Å². The van der Waals surface area contributed by atoms with E-state index in [4.69, 9.17) is 38.0 Å². The molecular weight excluding hydrogens is 383 g/mol. The Balaban J connectivity index is 0.000000252. The van der Waals surface area contributed by atoms with Crippen LogP contribution in [-0.2, 0) is 4.74 Å². The van der Waals surface area contributed by atoms with E-state index in [0.717, 1.165) is 35.0 Å². The van der Waals surface area contributed by atoms with Crippen molar-refractivity contribution in [3.63, 3.8) is 0 Å². The van der Waals surface area contributed by atoms with Crippen molar-refractivity contribution in [1.82, 2.24) is 0 Å². The Morgan fingerprint density at radius 2 is 1.29 bits per heavy atom. The Morgan fingerprint density at radius 1 is 0.833 bits per heavy atom. The summed E-state index contributed by atoms with van der Waals surface area (Å²) in [5.74, 6) is 0. The number of hydrogen-bond acceptors (Lipinski definition) is 1. The predicted octanol–water partition coefficient (Wildman–Crippen LogP) is 4.26. The van der Waals surface area contributed by atoms with Gasteiger partial charge < -0.3 is 4.74 Å². The normalized spacial score (nSPS) is 24.7. The zero-order valence-electron chi connectivity index (χ0n) is 13.4. The van der Waals surface area contributed by atoms with Gasteiger partial charge in [-0.25, -0.2) is 0 Å². The summed E-state index contributed by atoms with van der Waals surface area (Å²) in [4.78, 5) is -4.62. The zero-order valence-corrected chi connectivity index (χ0v) is 16.7. The standard InChI is InChI=1S/C13H11Cl3N2Si.C4H8O/c1-19(14,15,16)17-8-2-4-10-6-7-11-5-3-9-18(19)13(11)12(10)17;1-2-4-5-3-1/h2-9H,1H3;1-4H2. The molecule has 1 saturated heterocycles. The minimum atomic E-state index is -4.62. The predicted molar refractivity (Wildman–Crippen MR) is 102 cm³/mol. The number of ether oxygens (including phenoxy) is 1. The first-order valence-corrected chi connectivity index (χ1v) is 14.6. The number of hydrogen-bond donors (Lipinski definition) is 0. The fourth-order valence-electron chi connectivity index (χ4n) is 3.59. The van der Waals surface area contributed by atoms with Gasteiger partial charge in [-0.1, -0.05) is 0 Å². The summed E-state index contributed by atoms with van der Waals surface area (Å²) in [6.07, 6.45) is 6.29. The maximum atomic E-state index is 6.90. The molecule has 0 N–H and O–H groups in total. The third-order valence-corrected chi connectivity index (χ3v) is 11.3. The second kappa shape index (κ2) is 4.83. The summed E-state index contributed by atoms with van der Waals surface area (Å²) in [6, 6.07) is 12.1. The number of nitrogens with zero attached hydrogens (tertiary/aromatic N) is 2. The third-order valence-electron chi connectivity index (χ3n) is 4.79. The SMILES string of the molecule is C1CCOC1.C[Si-2]1(Cl)(Cl)(Cl)[n+]2cccc3ccc4ccc[n+]1c4c32. The summed E-state index contributed by atoms with van der Waals surface area (Å²) in [5.41, 5.74) is 1.99. The molecule has 2 aliphatic heterocycles. The van der Waals surface area contributed by atoms with Crippen LogP contribution in [0.5, 0.6) is 0 Å². The van der Waals surface area contributed by atoms with Gasteiger partial charge >= 0.3 is 124 Å². The van der Waals surface area contributed by atoms with Crippen LogP contribution in [0.4, 0.5) is 0 Å². The number of benzene rings is 1. The van der Waals surface area contributed by atoms with E-state index in [9.17, 15) is 0 Å². The Morgan fingerprint density at radius 3 is 1.67 bits per heavy atom. The van der Waals surface area contributed by atoms with Gasteiger partial charge in [-0.3, -0.25) is 0 Å². The molecule has 128 valence electrons. The van der Waals surface area contributed by atoms with Crippen molar-refractivity contribution in [2.24, 2.45) is 0 Å². The monoisotopic (exact) mass is 400 g/mol. The molecule has 0 radical (unpaired) electrons. The zero-order chi connectivity index (χ0) is 17.1. The van der Waals surface area contributed by atoms with Crippen molar-refractivity contribution in [2.45, 2.75) is 19.4 Å². The van der Waals surface area contributed by atoms with E-state index >= 15 is 0 Å². The summed E-state index contributed by atoms with van der Waals surface area (Å²) in [6.45, 7) is 3.75. The van der Waals surface area contributed by atoms with Crippen LogP contribution in [-0.4, -0.2) is 18.1 Å². The van der Waals surface area contributed by atoms with Crippen molar-refractivity contribution < 1.29 is 13.2 Å². The molecule has 5 rings (SSSR count). The molecule has 1 fully saturated rings. The van der Waals surface area contributed by atoms with Gasteiger partial charge in [-0.05, 0) is 12.8 Å². The first-order valence-electron chi connectivity index (χ1n) is 8.13. The molecule has 7 heteroatoms. The second-order valence-electron chi connectivity index (χ2n) is 6.85. The third kappa shape index (κ3) is 2.28. The van der Waals surface area contributed by atoms with Crippen LogP contribution < -0.4 is 8.47 Å². The van der Waals surface area contributed by atoms with Gasteiger partial charge in [-0.2, -0.15) is 0 Å². The molecule has 1 aromatic carbocycles. The van der Waals surface area contributed by atoms with Crippen molar-refractivity contribution >= 4 is 59.9 Å². The van der Waals surface area contributed by atoms with Gasteiger partial charge in [-0.15, -0.1) is 0 Å². The summed E-state index contributed by atoms with van der Waals surface area (Å²) in [5, 5.41) is 2.16. The number of aromatic nitrogens is 2. The molecule has 3 aromatic rings. The van der Waals surface area contributed by atoms with Crippen LogP contribution in [0.25, 0.3) is 21.8 Å².